The topological polar surface area (TPSA) is 94.6 Å². The van der Waals surface area contributed by atoms with Crippen molar-refractivity contribution in [3.63, 3.8) is 0 Å². The Labute approximate surface area is 187 Å². The number of nitrogens with zero attached hydrogens (tertiary/aromatic N) is 2. The van der Waals surface area contributed by atoms with Crippen molar-refractivity contribution >= 4 is 11.9 Å². The van der Waals surface area contributed by atoms with E-state index in [0.717, 1.165) is 34.8 Å². The molecule has 8 heteroatoms. The molecule has 166 valence electrons. The second-order valence-corrected chi connectivity index (χ2v) is 7.32. The van der Waals surface area contributed by atoms with Crippen LogP contribution in [0.5, 0.6) is 17.2 Å². The Bertz CT molecular complexity index is 1090. The van der Waals surface area contributed by atoms with Gasteiger partial charge in [0.05, 0.1) is 17.9 Å². The van der Waals surface area contributed by atoms with E-state index in [0.29, 0.717) is 36.9 Å². The number of hydrogen-bond donors (Lipinski definition) is 2. The minimum Gasteiger partial charge on any atom is -0.494 e. The number of carbonyl (C=O) groups excluding carboxylic acids is 1. The molecule has 32 heavy (non-hydrogen) atoms. The van der Waals surface area contributed by atoms with Crippen molar-refractivity contribution in [3.05, 3.63) is 71.0 Å². The Kier molecular flexibility index (Phi) is 6.69. The van der Waals surface area contributed by atoms with Gasteiger partial charge in [-0.3, -0.25) is 4.79 Å². The molecule has 0 saturated heterocycles. The van der Waals surface area contributed by atoms with Crippen molar-refractivity contribution in [1.29, 1.82) is 0 Å². The highest BCUT2D eigenvalue weighted by molar-refractivity contribution is 5.94. The van der Waals surface area contributed by atoms with Crippen molar-refractivity contribution in [2.24, 2.45) is 0 Å². The Morgan fingerprint density at radius 1 is 1.09 bits per heavy atom. The summed E-state index contributed by atoms with van der Waals surface area (Å²) in [6.07, 6.45) is 2.28. The van der Waals surface area contributed by atoms with Crippen LogP contribution in [0.25, 0.3) is 0 Å². The van der Waals surface area contributed by atoms with Gasteiger partial charge < -0.3 is 24.8 Å². The van der Waals surface area contributed by atoms with Gasteiger partial charge in [-0.1, -0.05) is 18.2 Å². The number of nitrogens with one attached hydrogen (secondary N) is 2. The molecule has 2 N–H and O–H groups in total. The number of benzene rings is 2. The summed E-state index contributed by atoms with van der Waals surface area (Å²) < 4.78 is 16.2. The lowest BCUT2D eigenvalue weighted by Crippen LogP contribution is -2.27. The minimum atomic E-state index is -0.184. The number of rotatable bonds is 9. The zero-order valence-corrected chi connectivity index (χ0v) is 18.2. The van der Waals surface area contributed by atoms with Gasteiger partial charge in [-0.2, -0.15) is 0 Å². The molecule has 3 aromatic rings. The number of carbonyl (C=O) groups is 1. The molecule has 0 fully saturated rings. The molecule has 0 spiro atoms. The van der Waals surface area contributed by atoms with Crippen LogP contribution in [-0.2, 0) is 13.0 Å². The van der Waals surface area contributed by atoms with Gasteiger partial charge in [-0.15, -0.1) is 0 Å². The van der Waals surface area contributed by atoms with E-state index in [1.807, 2.05) is 49.4 Å². The summed E-state index contributed by atoms with van der Waals surface area (Å²) in [5.74, 6) is 2.61. The first-order chi connectivity index (χ1) is 15.6. The molecule has 0 aliphatic carbocycles. The standard InChI is InChI=1S/C24H26N4O4/c1-3-30-19-7-4-17(5-8-19)10-11-25-23(29)20-14-27-24(28-16(20)2)26-13-18-6-9-21-22(12-18)32-15-31-21/h4-9,12,14H,3,10-11,13,15H2,1-2H3,(H,25,29)(H,26,27,28). The van der Waals surface area contributed by atoms with E-state index < -0.39 is 0 Å². The van der Waals surface area contributed by atoms with Crippen LogP contribution in [0.3, 0.4) is 0 Å². The number of hydrogen-bond acceptors (Lipinski definition) is 7. The molecular weight excluding hydrogens is 408 g/mol. The molecule has 1 aliphatic heterocycles. The smallest absolute Gasteiger partial charge is 0.254 e. The molecule has 0 radical (unpaired) electrons. The largest absolute Gasteiger partial charge is 0.494 e. The predicted molar refractivity (Wildman–Crippen MR) is 120 cm³/mol. The molecule has 1 aliphatic rings. The monoisotopic (exact) mass is 434 g/mol. The molecule has 2 aromatic carbocycles. The second kappa shape index (κ2) is 10.00. The van der Waals surface area contributed by atoms with Crippen LogP contribution < -0.4 is 24.8 Å². The van der Waals surface area contributed by atoms with Crippen LogP contribution in [0, 0.1) is 6.92 Å². The number of fused-ring (bicyclic) bond motifs is 1. The molecular formula is C24H26N4O4. The Balaban J connectivity index is 1.28. The van der Waals surface area contributed by atoms with Gasteiger partial charge in [0.15, 0.2) is 11.5 Å². The number of ether oxygens (including phenoxy) is 3. The molecule has 0 saturated carbocycles. The zero-order valence-electron chi connectivity index (χ0n) is 18.2. The molecule has 2 heterocycles. The summed E-state index contributed by atoms with van der Waals surface area (Å²) in [5, 5.41) is 6.11. The summed E-state index contributed by atoms with van der Waals surface area (Å²) in [6, 6.07) is 13.7. The Hall–Kier alpha value is -3.81. The summed E-state index contributed by atoms with van der Waals surface area (Å²) in [5.41, 5.74) is 3.23. The first-order valence-electron chi connectivity index (χ1n) is 10.6. The lowest BCUT2D eigenvalue weighted by atomic mass is 10.1. The van der Waals surface area contributed by atoms with E-state index in [1.54, 1.807) is 13.1 Å². The van der Waals surface area contributed by atoms with Gasteiger partial charge in [0.25, 0.3) is 5.91 Å². The molecule has 0 unspecified atom stereocenters. The highest BCUT2D eigenvalue weighted by Gasteiger charge is 2.14. The summed E-state index contributed by atoms with van der Waals surface area (Å²) >= 11 is 0. The van der Waals surface area contributed by atoms with Gasteiger partial charge in [0, 0.05) is 19.3 Å². The SMILES string of the molecule is CCOc1ccc(CCNC(=O)c2cnc(NCc3ccc4c(c3)OCO4)nc2C)cc1. The van der Waals surface area contributed by atoms with E-state index >= 15 is 0 Å². The van der Waals surface area contributed by atoms with E-state index in [2.05, 4.69) is 20.6 Å². The average Bonchev–Trinajstić information content (AvgIpc) is 3.27. The fourth-order valence-corrected chi connectivity index (χ4v) is 3.34. The first-order valence-corrected chi connectivity index (χ1v) is 10.6. The van der Waals surface area contributed by atoms with E-state index in [4.69, 9.17) is 14.2 Å². The van der Waals surface area contributed by atoms with Crippen LogP contribution in [0.2, 0.25) is 0 Å². The van der Waals surface area contributed by atoms with Crippen molar-refractivity contribution in [1.82, 2.24) is 15.3 Å². The fraction of sp³-hybridized carbons (Fsp3) is 0.292. The molecule has 1 amide bonds. The number of anilines is 1. The quantitative estimate of drug-likeness (QED) is 0.532. The molecule has 1 aromatic heterocycles. The third kappa shape index (κ3) is 5.26. The second-order valence-electron chi connectivity index (χ2n) is 7.32. The third-order valence-corrected chi connectivity index (χ3v) is 5.05. The fourth-order valence-electron chi connectivity index (χ4n) is 3.34. The maximum Gasteiger partial charge on any atom is 0.254 e. The highest BCUT2D eigenvalue weighted by atomic mass is 16.7. The number of aryl methyl sites for hydroxylation is 1. The van der Waals surface area contributed by atoms with E-state index in [-0.39, 0.29) is 12.7 Å². The minimum absolute atomic E-state index is 0.184. The number of amides is 1. The zero-order chi connectivity index (χ0) is 22.3. The normalized spacial score (nSPS) is 11.8. The lowest BCUT2D eigenvalue weighted by Gasteiger charge is -2.10. The Morgan fingerprint density at radius 2 is 1.88 bits per heavy atom. The van der Waals surface area contributed by atoms with Crippen molar-refractivity contribution < 1.29 is 19.0 Å². The van der Waals surface area contributed by atoms with Crippen LogP contribution in [0.15, 0.2) is 48.7 Å². The van der Waals surface area contributed by atoms with E-state index in [1.165, 1.54) is 0 Å². The lowest BCUT2D eigenvalue weighted by molar-refractivity contribution is 0.0952. The van der Waals surface area contributed by atoms with Gasteiger partial charge in [-0.05, 0) is 55.7 Å². The first kappa shape index (κ1) is 21.4. The molecule has 0 bridgehead atoms. The van der Waals surface area contributed by atoms with Gasteiger partial charge >= 0.3 is 0 Å². The van der Waals surface area contributed by atoms with Gasteiger partial charge in [-0.25, -0.2) is 9.97 Å². The third-order valence-electron chi connectivity index (χ3n) is 5.05. The van der Waals surface area contributed by atoms with Crippen LogP contribution in [0.4, 0.5) is 5.95 Å². The van der Waals surface area contributed by atoms with Gasteiger partial charge in [0.1, 0.15) is 5.75 Å². The van der Waals surface area contributed by atoms with E-state index in [9.17, 15) is 4.79 Å². The Morgan fingerprint density at radius 3 is 2.66 bits per heavy atom. The van der Waals surface area contributed by atoms with Crippen LogP contribution >= 0.6 is 0 Å². The maximum atomic E-state index is 12.5. The van der Waals surface area contributed by atoms with Crippen LogP contribution in [-0.4, -0.2) is 35.8 Å². The van der Waals surface area contributed by atoms with Crippen LogP contribution in [0.1, 0.15) is 34.1 Å². The maximum absolute atomic E-state index is 12.5. The molecule has 4 rings (SSSR count). The van der Waals surface area contributed by atoms with Crippen molar-refractivity contribution in [3.8, 4) is 17.2 Å². The van der Waals surface area contributed by atoms with Crippen molar-refractivity contribution in [2.75, 3.05) is 25.3 Å². The average molecular weight is 434 g/mol. The molecule has 0 atom stereocenters. The number of aromatic nitrogens is 2. The molecule has 8 nitrogen and oxygen atoms in total. The highest BCUT2D eigenvalue weighted by Crippen LogP contribution is 2.32. The predicted octanol–water partition coefficient (Wildman–Crippen LogP) is 3.50. The van der Waals surface area contributed by atoms with Gasteiger partial charge in [0.2, 0.25) is 12.7 Å². The van der Waals surface area contributed by atoms with Crippen molar-refractivity contribution in [2.45, 2.75) is 26.8 Å². The summed E-state index contributed by atoms with van der Waals surface area (Å²) in [7, 11) is 0. The summed E-state index contributed by atoms with van der Waals surface area (Å²) in [6.45, 7) is 5.70. The summed E-state index contributed by atoms with van der Waals surface area (Å²) in [4.78, 5) is 21.2.